The Hall–Kier alpha value is -1.00. The van der Waals surface area contributed by atoms with Gasteiger partial charge in [-0.2, -0.15) is 11.8 Å². The topological polar surface area (TPSA) is 23.6 Å². The average molecular weight is 321 g/mol. The molecule has 2 atom stereocenters. The van der Waals surface area contributed by atoms with Gasteiger partial charge in [-0.1, -0.05) is 37.3 Å². The fourth-order valence-electron chi connectivity index (χ4n) is 3.13. The summed E-state index contributed by atoms with van der Waals surface area (Å²) in [6.45, 7) is 3.96. The Bertz CT molecular complexity index is 463. The number of hydrogen-bond donors (Lipinski definition) is 0. The van der Waals surface area contributed by atoms with Gasteiger partial charge in [0, 0.05) is 18.8 Å². The summed E-state index contributed by atoms with van der Waals surface area (Å²) in [5, 5.41) is 0. The molecule has 22 heavy (non-hydrogen) atoms. The second-order valence-corrected chi connectivity index (χ2v) is 7.40. The van der Waals surface area contributed by atoms with Crippen LogP contribution in [0, 0.1) is 0 Å². The Morgan fingerprint density at radius 1 is 1.36 bits per heavy atom. The van der Waals surface area contributed by atoms with Crippen molar-refractivity contribution in [1.29, 1.82) is 0 Å². The molecule has 0 radical (unpaired) electrons. The van der Waals surface area contributed by atoms with E-state index < -0.39 is 0 Å². The highest BCUT2D eigenvalue weighted by Crippen LogP contribution is 2.26. The van der Waals surface area contributed by atoms with E-state index in [1.54, 1.807) is 0 Å². The highest BCUT2D eigenvalue weighted by atomic mass is 32.2. The van der Waals surface area contributed by atoms with Crippen LogP contribution in [-0.2, 0) is 4.79 Å². The standard InChI is InChI=1S/C18H28N2OS/c1-4-17(15-9-6-5-7-10-15)18(21)20-11-8-12-22-14-16(20)13-19(2)3/h5-7,9-10,16-17H,4,8,11-14H2,1-3H3/t16-,17-/m0/s1. The molecule has 0 aromatic heterocycles. The molecular formula is C18H28N2OS. The molecule has 0 spiro atoms. The third-order valence-electron chi connectivity index (χ3n) is 4.21. The number of amides is 1. The van der Waals surface area contributed by atoms with Gasteiger partial charge in [-0.15, -0.1) is 0 Å². The van der Waals surface area contributed by atoms with Gasteiger partial charge in [0.05, 0.1) is 12.0 Å². The number of carbonyl (C=O) groups excluding carboxylic acids is 1. The molecule has 1 amide bonds. The molecule has 0 saturated carbocycles. The lowest BCUT2D eigenvalue weighted by Crippen LogP contribution is -2.48. The predicted octanol–water partition coefficient (Wildman–Crippen LogP) is 3.08. The smallest absolute Gasteiger partial charge is 0.230 e. The van der Waals surface area contributed by atoms with Crippen molar-refractivity contribution < 1.29 is 4.79 Å². The summed E-state index contributed by atoms with van der Waals surface area (Å²) in [4.78, 5) is 17.5. The van der Waals surface area contributed by atoms with Crippen molar-refractivity contribution in [3.63, 3.8) is 0 Å². The largest absolute Gasteiger partial charge is 0.337 e. The lowest BCUT2D eigenvalue weighted by molar-refractivity contribution is -0.135. The van der Waals surface area contributed by atoms with Crippen LogP contribution in [0.2, 0.25) is 0 Å². The summed E-state index contributed by atoms with van der Waals surface area (Å²) in [5.41, 5.74) is 1.15. The Balaban J connectivity index is 2.18. The van der Waals surface area contributed by atoms with Crippen molar-refractivity contribution in [1.82, 2.24) is 9.80 Å². The molecule has 0 unspecified atom stereocenters. The third kappa shape index (κ3) is 4.50. The van der Waals surface area contributed by atoms with Gasteiger partial charge in [-0.25, -0.2) is 0 Å². The molecule has 3 nitrogen and oxygen atoms in total. The Morgan fingerprint density at radius 3 is 2.73 bits per heavy atom. The van der Waals surface area contributed by atoms with Crippen LogP contribution in [0.4, 0.5) is 0 Å². The maximum absolute atomic E-state index is 13.2. The normalized spacial score (nSPS) is 20.7. The van der Waals surface area contributed by atoms with Crippen molar-refractivity contribution in [2.24, 2.45) is 0 Å². The van der Waals surface area contributed by atoms with E-state index in [1.807, 2.05) is 30.0 Å². The van der Waals surface area contributed by atoms with E-state index >= 15 is 0 Å². The molecule has 1 aromatic carbocycles. The third-order valence-corrected chi connectivity index (χ3v) is 5.40. The molecule has 122 valence electrons. The van der Waals surface area contributed by atoms with Crippen LogP contribution >= 0.6 is 11.8 Å². The van der Waals surface area contributed by atoms with E-state index in [2.05, 4.69) is 43.0 Å². The molecule has 1 aromatic rings. The van der Waals surface area contributed by atoms with Gasteiger partial charge in [0.15, 0.2) is 0 Å². The number of rotatable bonds is 5. The van der Waals surface area contributed by atoms with Gasteiger partial charge in [0.25, 0.3) is 0 Å². The van der Waals surface area contributed by atoms with Gasteiger partial charge >= 0.3 is 0 Å². The van der Waals surface area contributed by atoms with Gasteiger partial charge < -0.3 is 9.80 Å². The number of carbonyl (C=O) groups is 1. The van der Waals surface area contributed by atoms with Gasteiger partial charge in [-0.05, 0) is 38.3 Å². The quantitative estimate of drug-likeness (QED) is 0.833. The fourth-order valence-corrected chi connectivity index (χ4v) is 4.19. The number of likely N-dealkylation sites (N-methyl/N-ethyl adjacent to an activating group) is 1. The number of thioether (sulfide) groups is 1. The number of hydrogen-bond acceptors (Lipinski definition) is 3. The minimum Gasteiger partial charge on any atom is -0.337 e. The summed E-state index contributed by atoms with van der Waals surface area (Å²) < 4.78 is 0. The maximum atomic E-state index is 13.2. The minimum atomic E-state index is -0.00559. The first-order valence-electron chi connectivity index (χ1n) is 8.21. The monoisotopic (exact) mass is 320 g/mol. The summed E-state index contributed by atoms with van der Waals surface area (Å²) in [6, 6.07) is 10.6. The summed E-state index contributed by atoms with van der Waals surface area (Å²) in [6.07, 6.45) is 1.97. The van der Waals surface area contributed by atoms with Crippen LogP contribution in [-0.4, -0.2) is 60.4 Å². The first-order valence-corrected chi connectivity index (χ1v) is 9.36. The minimum absolute atomic E-state index is 0.00559. The molecule has 1 heterocycles. The molecule has 4 heteroatoms. The Labute approximate surface area is 139 Å². The summed E-state index contributed by atoms with van der Waals surface area (Å²) >= 11 is 1.98. The first kappa shape index (κ1) is 17.4. The van der Waals surface area contributed by atoms with Crippen LogP contribution in [0.5, 0.6) is 0 Å². The van der Waals surface area contributed by atoms with Gasteiger partial charge in [0.2, 0.25) is 5.91 Å². The molecule has 1 fully saturated rings. The highest BCUT2D eigenvalue weighted by molar-refractivity contribution is 7.99. The lowest BCUT2D eigenvalue weighted by atomic mass is 9.94. The van der Waals surface area contributed by atoms with E-state index in [0.29, 0.717) is 11.9 Å². The van der Waals surface area contributed by atoms with Crippen LogP contribution in [0.25, 0.3) is 0 Å². The van der Waals surface area contributed by atoms with Crippen LogP contribution in [0.1, 0.15) is 31.2 Å². The van der Waals surface area contributed by atoms with Crippen molar-refractivity contribution >= 4 is 17.7 Å². The average Bonchev–Trinajstić information content (AvgIpc) is 2.74. The van der Waals surface area contributed by atoms with Crippen molar-refractivity contribution in [3.05, 3.63) is 35.9 Å². The zero-order chi connectivity index (χ0) is 15.9. The van der Waals surface area contributed by atoms with Crippen LogP contribution in [0.3, 0.4) is 0 Å². The van der Waals surface area contributed by atoms with Gasteiger partial charge in [0.1, 0.15) is 0 Å². The Kier molecular flexibility index (Phi) is 6.77. The van der Waals surface area contributed by atoms with E-state index in [0.717, 1.165) is 43.0 Å². The summed E-state index contributed by atoms with van der Waals surface area (Å²) in [5.74, 6) is 2.52. The predicted molar refractivity (Wildman–Crippen MR) is 95.5 cm³/mol. The van der Waals surface area contributed by atoms with Crippen LogP contribution < -0.4 is 0 Å². The van der Waals surface area contributed by atoms with Crippen molar-refractivity contribution in [2.75, 3.05) is 38.7 Å². The number of nitrogens with zero attached hydrogens (tertiary/aromatic N) is 2. The summed E-state index contributed by atoms with van der Waals surface area (Å²) in [7, 11) is 4.18. The highest BCUT2D eigenvalue weighted by Gasteiger charge is 2.30. The Morgan fingerprint density at radius 2 is 2.09 bits per heavy atom. The molecule has 0 aliphatic carbocycles. The maximum Gasteiger partial charge on any atom is 0.230 e. The second-order valence-electron chi connectivity index (χ2n) is 6.25. The molecule has 0 bridgehead atoms. The van der Waals surface area contributed by atoms with Crippen molar-refractivity contribution in [3.8, 4) is 0 Å². The van der Waals surface area contributed by atoms with Crippen molar-refractivity contribution in [2.45, 2.75) is 31.7 Å². The molecule has 1 aliphatic rings. The SMILES string of the molecule is CC[C@H](C(=O)N1CCCSC[C@@H]1CN(C)C)c1ccccc1. The van der Waals surface area contributed by atoms with E-state index in [1.165, 1.54) is 0 Å². The zero-order valence-electron chi connectivity index (χ0n) is 14.0. The van der Waals surface area contributed by atoms with Gasteiger partial charge in [-0.3, -0.25) is 4.79 Å². The lowest BCUT2D eigenvalue weighted by Gasteiger charge is -2.34. The molecule has 2 rings (SSSR count). The van der Waals surface area contributed by atoms with Crippen LogP contribution in [0.15, 0.2) is 30.3 Å². The zero-order valence-corrected chi connectivity index (χ0v) is 14.8. The molecular weight excluding hydrogens is 292 g/mol. The first-order chi connectivity index (χ1) is 10.6. The molecule has 1 saturated heterocycles. The fraction of sp³-hybridized carbons (Fsp3) is 0.611. The number of benzene rings is 1. The molecule has 0 N–H and O–H groups in total. The van der Waals surface area contributed by atoms with E-state index in [9.17, 15) is 4.79 Å². The van der Waals surface area contributed by atoms with E-state index in [4.69, 9.17) is 0 Å². The molecule has 1 aliphatic heterocycles. The van der Waals surface area contributed by atoms with E-state index in [-0.39, 0.29) is 5.92 Å². The second kappa shape index (κ2) is 8.59.